The molecule has 0 fully saturated rings. The van der Waals surface area contributed by atoms with Crippen molar-refractivity contribution in [3.63, 3.8) is 0 Å². The van der Waals surface area contributed by atoms with Gasteiger partial charge in [-0.1, -0.05) is 11.3 Å². The number of benzene rings is 1. The lowest BCUT2D eigenvalue weighted by Gasteiger charge is -2.11. The number of thiazole rings is 1. The van der Waals surface area contributed by atoms with Crippen molar-refractivity contribution in [3.05, 3.63) is 46.5 Å². The Kier molecular flexibility index (Phi) is 4.63. The third kappa shape index (κ3) is 3.67. The Morgan fingerprint density at radius 1 is 1.23 bits per heavy atom. The van der Waals surface area contributed by atoms with Crippen molar-refractivity contribution in [3.8, 4) is 0 Å². The highest BCUT2D eigenvalue weighted by Gasteiger charge is 2.18. The molecule has 0 atom stereocenters. The Hall–Kier alpha value is -3.34. The van der Waals surface area contributed by atoms with Crippen molar-refractivity contribution < 1.29 is 14.0 Å². The van der Waals surface area contributed by atoms with Crippen LogP contribution in [-0.4, -0.2) is 31.6 Å². The topological polar surface area (TPSA) is 128 Å². The van der Waals surface area contributed by atoms with Gasteiger partial charge in [-0.25, -0.2) is 14.4 Å². The summed E-state index contributed by atoms with van der Waals surface area (Å²) in [6, 6.07) is 2.42. The normalized spacial score (nSPS) is 10.6. The van der Waals surface area contributed by atoms with Crippen LogP contribution in [-0.2, 0) is 7.05 Å². The lowest BCUT2D eigenvalue weighted by molar-refractivity contribution is 0.101. The maximum atomic E-state index is 14.2. The number of nitrogens with two attached hydrogens (primary N) is 1. The molecule has 0 aliphatic carbocycles. The number of aryl methyl sites for hydroxylation is 2. The van der Waals surface area contributed by atoms with Crippen molar-refractivity contribution in [2.75, 3.05) is 16.4 Å². The van der Waals surface area contributed by atoms with E-state index in [9.17, 15) is 14.0 Å². The number of aromatic nitrogens is 4. The largest absolute Gasteiger partial charge is 0.375 e. The van der Waals surface area contributed by atoms with Gasteiger partial charge in [-0.3, -0.25) is 19.6 Å². The first-order valence-electron chi connectivity index (χ1n) is 7.33. The third-order valence-electron chi connectivity index (χ3n) is 3.38. The first kappa shape index (κ1) is 17.5. The molecule has 0 saturated heterocycles. The van der Waals surface area contributed by atoms with E-state index >= 15 is 0 Å². The fraction of sp³-hybridized carbons (Fsp3) is 0.133. The van der Waals surface area contributed by atoms with E-state index in [1.54, 1.807) is 14.0 Å². The minimum Gasteiger partial charge on any atom is -0.375 e. The molecule has 26 heavy (non-hydrogen) atoms. The Morgan fingerprint density at radius 2 is 2.00 bits per heavy atom. The van der Waals surface area contributed by atoms with Gasteiger partial charge < -0.3 is 11.1 Å². The second-order valence-corrected chi connectivity index (χ2v) is 6.42. The third-order valence-corrected chi connectivity index (χ3v) is 4.20. The Bertz CT molecular complexity index is 998. The van der Waals surface area contributed by atoms with Crippen molar-refractivity contribution in [2.45, 2.75) is 6.92 Å². The number of anilines is 3. The monoisotopic (exact) mass is 375 g/mol. The van der Waals surface area contributed by atoms with Gasteiger partial charge >= 0.3 is 0 Å². The smallest absolute Gasteiger partial charge is 0.267 e. The highest BCUT2D eigenvalue weighted by molar-refractivity contribution is 7.17. The lowest BCUT2D eigenvalue weighted by Crippen LogP contribution is -2.17. The summed E-state index contributed by atoms with van der Waals surface area (Å²) in [4.78, 5) is 32.5. The number of nitrogens with zero attached hydrogens (tertiary/aromatic N) is 4. The number of hydrogen-bond acceptors (Lipinski definition) is 7. The van der Waals surface area contributed by atoms with Crippen molar-refractivity contribution in [1.29, 1.82) is 0 Å². The number of carbonyl (C=O) groups excluding carboxylic acids is 2. The van der Waals surface area contributed by atoms with E-state index < -0.39 is 17.6 Å². The first-order valence-corrected chi connectivity index (χ1v) is 8.15. The highest BCUT2D eigenvalue weighted by Crippen LogP contribution is 2.23. The van der Waals surface area contributed by atoms with Crippen LogP contribution in [0.25, 0.3) is 0 Å². The maximum absolute atomic E-state index is 14.2. The zero-order valence-electron chi connectivity index (χ0n) is 13.8. The predicted octanol–water partition coefficient (Wildman–Crippen LogP) is 1.81. The Labute approximate surface area is 151 Å². The van der Waals surface area contributed by atoms with Gasteiger partial charge in [-0.05, 0) is 24.6 Å². The number of nitrogen functional groups attached to an aromatic ring is 1. The van der Waals surface area contributed by atoms with Crippen LogP contribution in [0.2, 0.25) is 0 Å². The quantitative estimate of drug-likeness (QED) is 0.638. The molecule has 0 aliphatic rings. The van der Waals surface area contributed by atoms with Crippen LogP contribution in [0, 0.1) is 12.7 Å². The molecule has 2 amide bonds. The molecule has 0 radical (unpaired) electrons. The zero-order valence-corrected chi connectivity index (χ0v) is 14.6. The fourth-order valence-corrected chi connectivity index (χ4v) is 2.70. The van der Waals surface area contributed by atoms with E-state index in [-0.39, 0.29) is 16.6 Å². The summed E-state index contributed by atoms with van der Waals surface area (Å²) >= 11 is 1.02. The molecule has 0 spiro atoms. The molecule has 0 saturated carbocycles. The Morgan fingerprint density at radius 3 is 2.62 bits per heavy atom. The van der Waals surface area contributed by atoms with Gasteiger partial charge in [-0.2, -0.15) is 0 Å². The van der Waals surface area contributed by atoms with Crippen LogP contribution in [0.3, 0.4) is 0 Å². The zero-order chi connectivity index (χ0) is 18.8. The first-order chi connectivity index (χ1) is 12.3. The van der Waals surface area contributed by atoms with Crippen molar-refractivity contribution >= 4 is 39.9 Å². The summed E-state index contributed by atoms with van der Waals surface area (Å²) in [5, 5.41) is 9.18. The molecule has 2 heterocycles. The van der Waals surface area contributed by atoms with E-state index in [0.29, 0.717) is 16.1 Å². The van der Waals surface area contributed by atoms with Gasteiger partial charge in [0.05, 0.1) is 11.8 Å². The molecule has 134 valence electrons. The molecule has 3 aromatic rings. The summed E-state index contributed by atoms with van der Waals surface area (Å²) in [6.45, 7) is 1.61. The van der Waals surface area contributed by atoms with E-state index in [4.69, 9.17) is 5.73 Å². The fourth-order valence-electron chi connectivity index (χ4n) is 2.12. The van der Waals surface area contributed by atoms with Crippen LogP contribution in [0.5, 0.6) is 0 Å². The van der Waals surface area contributed by atoms with Gasteiger partial charge in [-0.15, -0.1) is 5.10 Å². The molecule has 4 N–H and O–H groups in total. The average Bonchev–Trinajstić information content (AvgIpc) is 3.18. The molecule has 3 rings (SSSR count). The highest BCUT2D eigenvalue weighted by atomic mass is 32.1. The Balaban J connectivity index is 1.84. The number of amides is 2. The minimum absolute atomic E-state index is 0.0446. The van der Waals surface area contributed by atoms with Crippen molar-refractivity contribution in [1.82, 2.24) is 19.7 Å². The number of nitrogens with one attached hydrogen (secondary N) is 2. The van der Waals surface area contributed by atoms with Gasteiger partial charge in [0.1, 0.15) is 17.0 Å². The standard InChI is InChI=1S/C15H14FN7O2S/c1-7-3-9(16)8(12(24)21-15-19-6-23(2)22-15)4-10(7)20-13(25)11-5-18-14(17)26-11/h3-6H,1-2H3,(H2,17,18)(H,20,25)(H,21,22,24). The molecule has 1 aromatic carbocycles. The van der Waals surface area contributed by atoms with Crippen LogP contribution in [0.1, 0.15) is 25.6 Å². The summed E-state index contributed by atoms with van der Waals surface area (Å²) in [5.41, 5.74) is 6.01. The van der Waals surface area contributed by atoms with E-state index in [1.165, 1.54) is 23.3 Å². The molecular formula is C15H14FN7O2S. The number of rotatable bonds is 4. The maximum Gasteiger partial charge on any atom is 0.267 e. The molecule has 11 heteroatoms. The number of hydrogen-bond donors (Lipinski definition) is 3. The summed E-state index contributed by atoms with van der Waals surface area (Å²) in [5.74, 6) is -1.86. The molecule has 2 aromatic heterocycles. The van der Waals surface area contributed by atoms with Crippen LogP contribution >= 0.6 is 11.3 Å². The van der Waals surface area contributed by atoms with Crippen LogP contribution in [0.15, 0.2) is 24.7 Å². The lowest BCUT2D eigenvalue weighted by atomic mass is 10.1. The van der Waals surface area contributed by atoms with E-state index in [1.807, 2.05) is 0 Å². The summed E-state index contributed by atoms with van der Waals surface area (Å²) in [6.07, 6.45) is 2.74. The van der Waals surface area contributed by atoms with E-state index in [2.05, 4.69) is 25.7 Å². The van der Waals surface area contributed by atoms with Gasteiger partial charge in [0.25, 0.3) is 11.8 Å². The van der Waals surface area contributed by atoms with Crippen molar-refractivity contribution in [2.24, 2.45) is 7.05 Å². The average molecular weight is 375 g/mol. The van der Waals surface area contributed by atoms with Gasteiger partial charge in [0.2, 0.25) is 5.95 Å². The molecule has 0 aliphatic heterocycles. The van der Waals surface area contributed by atoms with Crippen LogP contribution < -0.4 is 16.4 Å². The second kappa shape index (κ2) is 6.88. The summed E-state index contributed by atoms with van der Waals surface area (Å²) in [7, 11) is 1.63. The SMILES string of the molecule is Cc1cc(F)c(C(=O)Nc2ncn(C)n2)cc1NC(=O)c1cnc(N)s1. The summed E-state index contributed by atoms with van der Waals surface area (Å²) < 4.78 is 15.6. The minimum atomic E-state index is -0.730. The second-order valence-electron chi connectivity index (χ2n) is 5.36. The molecule has 0 bridgehead atoms. The predicted molar refractivity (Wildman–Crippen MR) is 94.6 cm³/mol. The van der Waals surface area contributed by atoms with Gasteiger partial charge in [0.15, 0.2) is 5.13 Å². The van der Waals surface area contributed by atoms with E-state index in [0.717, 1.165) is 17.4 Å². The molecular weight excluding hydrogens is 361 g/mol. The van der Waals surface area contributed by atoms with Gasteiger partial charge in [0, 0.05) is 12.7 Å². The number of halogens is 1. The van der Waals surface area contributed by atoms with Crippen LogP contribution in [0.4, 0.5) is 21.2 Å². The molecule has 0 unspecified atom stereocenters. The molecule has 9 nitrogen and oxygen atoms in total. The number of carbonyl (C=O) groups is 2.